The van der Waals surface area contributed by atoms with Crippen molar-refractivity contribution in [2.45, 2.75) is 20.3 Å². The van der Waals surface area contributed by atoms with Gasteiger partial charge in [0.05, 0.1) is 23.0 Å². The maximum absolute atomic E-state index is 12.2. The molecule has 1 heterocycles. The Hall–Kier alpha value is -1.35. The highest BCUT2D eigenvalue weighted by molar-refractivity contribution is 7.14. The first-order valence-corrected chi connectivity index (χ1v) is 7.06. The van der Waals surface area contributed by atoms with Crippen LogP contribution in [0.25, 0.3) is 0 Å². The smallest absolute Gasteiger partial charge is 0.264 e. The van der Waals surface area contributed by atoms with Gasteiger partial charge in [0.2, 0.25) is 0 Å². The summed E-state index contributed by atoms with van der Waals surface area (Å²) in [5, 5.41) is 17.6. The molecular formula is C14H19NO3S. The van der Waals surface area contributed by atoms with Crippen LogP contribution >= 0.6 is 11.3 Å². The van der Waals surface area contributed by atoms with Crippen LogP contribution in [0.4, 0.5) is 0 Å². The van der Waals surface area contributed by atoms with E-state index in [0.29, 0.717) is 24.4 Å². The van der Waals surface area contributed by atoms with E-state index in [2.05, 4.69) is 11.8 Å². The highest BCUT2D eigenvalue weighted by Gasteiger charge is 2.17. The minimum atomic E-state index is -0.0696. The highest BCUT2D eigenvalue weighted by atomic mass is 32.1. The molecule has 0 aliphatic heterocycles. The van der Waals surface area contributed by atoms with Gasteiger partial charge in [0, 0.05) is 19.5 Å². The van der Waals surface area contributed by atoms with Crippen molar-refractivity contribution in [1.29, 1.82) is 0 Å². The lowest BCUT2D eigenvalue weighted by molar-refractivity contribution is 0.0737. The fourth-order valence-corrected chi connectivity index (χ4v) is 2.61. The quantitative estimate of drug-likeness (QED) is 0.798. The van der Waals surface area contributed by atoms with Crippen LogP contribution in [0.1, 0.15) is 33.5 Å². The number of amides is 1. The minimum absolute atomic E-state index is 0.0346. The van der Waals surface area contributed by atoms with Gasteiger partial charge in [-0.3, -0.25) is 4.79 Å². The summed E-state index contributed by atoms with van der Waals surface area (Å²) in [6, 6.07) is 1.83. The number of likely N-dealkylation sites (N-methyl/N-ethyl adjacent to an activating group) is 1. The van der Waals surface area contributed by atoms with Gasteiger partial charge in [-0.25, -0.2) is 0 Å². The van der Waals surface area contributed by atoms with Gasteiger partial charge in [0.25, 0.3) is 5.91 Å². The molecule has 0 saturated heterocycles. The Bertz CT molecular complexity index is 485. The van der Waals surface area contributed by atoms with Gasteiger partial charge >= 0.3 is 0 Å². The van der Waals surface area contributed by atoms with Crippen molar-refractivity contribution >= 4 is 17.2 Å². The molecule has 0 bridgehead atoms. The van der Waals surface area contributed by atoms with Gasteiger partial charge in [-0.2, -0.15) is 0 Å². The third-order valence-electron chi connectivity index (χ3n) is 2.61. The molecule has 0 fully saturated rings. The maximum Gasteiger partial charge on any atom is 0.264 e. The second-order valence-electron chi connectivity index (χ2n) is 4.01. The summed E-state index contributed by atoms with van der Waals surface area (Å²) >= 11 is 1.36. The summed E-state index contributed by atoms with van der Waals surface area (Å²) in [4.78, 5) is 15.3. The Balaban J connectivity index is 2.88. The Kier molecular flexibility index (Phi) is 6.57. The van der Waals surface area contributed by atoms with Gasteiger partial charge in [0.15, 0.2) is 0 Å². The van der Waals surface area contributed by atoms with E-state index in [1.54, 1.807) is 4.90 Å². The summed E-state index contributed by atoms with van der Waals surface area (Å²) < 4.78 is 0. The van der Waals surface area contributed by atoms with Gasteiger partial charge in [-0.1, -0.05) is 11.8 Å². The van der Waals surface area contributed by atoms with Crippen LogP contribution in [0.3, 0.4) is 0 Å². The first kappa shape index (κ1) is 15.7. The summed E-state index contributed by atoms with van der Waals surface area (Å²) in [6.45, 7) is 4.73. The fourth-order valence-electron chi connectivity index (χ4n) is 1.59. The molecule has 1 amide bonds. The molecule has 2 N–H and O–H groups in total. The molecule has 0 atom stereocenters. The molecule has 1 rings (SSSR count). The number of rotatable bonds is 5. The lowest BCUT2D eigenvalue weighted by atomic mass is 10.2. The van der Waals surface area contributed by atoms with E-state index in [4.69, 9.17) is 10.2 Å². The van der Waals surface area contributed by atoms with Crippen molar-refractivity contribution < 1.29 is 15.0 Å². The van der Waals surface area contributed by atoms with Crippen LogP contribution in [0.2, 0.25) is 0 Å². The van der Waals surface area contributed by atoms with Crippen molar-refractivity contribution in [3.63, 3.8) is 0 Å². The molecule has 0 aliphatic carbocycles. The summed E-state index contributed by atoms with van der Waals surface area (Å²) in [5.74, 6) is 5.76. The number of nitrogens with zero attached hydrogens (tertiary/aromatic N) is 1. The van der Waals surface area contributed by atoms with Gasteiger partial charge < -0.3 is 15.1 Å². The molecular weight excluding hydrogens is 262 g/mol. The number of aliphatic hydroxyl groups is 2. The number of aliphatic hydroxyl groups excluding tert-OH is 2. The third-order valence-corrected chi connectivity index (χ3v) is 3.75. The lowest BCUT2D eigenvalue weighted by Gasteiger charge is -2.18. The van der Waals surface area contributed by atoms with E-state index < -0.39 is 0 Å². The van der Waals surface area contributed by atoms with Gasteiger partial charge in [-0.15, -0.1) is 11.3 Å². The van der Waals surface area contributed by atoms with Crippen LogP contribution < -0.4 is 0 Å². The van der Waals surface area contributed by atoms with Gasteiger partial charge in [-0.05, 0) is 25.5 Å². The zero-order valence-electron chi connectivity index (χ0n) is 11.3. The molecule has 1 aromatic heterocycles. The van der Waals surface area contributed by atoms with Crippen molar-refractivity contribution in [3.05, 3.63) is 21.4 Å². The number of hydrogen-bond acceptors (Lipinski definition) is 4. The first-order valence-electron chi connectivity index (χ1n) is 6.24. The van der Waals surface area contributed by atoms with Crippen LogP contribution in [-0.4, -0.2) is 47.3 Å². The average molecular weight is 281 g/mol. The molecule has 0 radical (unpaired) electrons. The lowest BCUT2D eigenvalue weighted by Crippen LogP contribution is -2.32. The van der Waals surface area contributed by atoms with E-state index in [-0.39, 0.29) is 19.1 Å². The number of hydrogen-bond donors (Lipinski definition) is 2. The summed E-state index contributed by atoms with van der Waals surface area (Å²) in [6.07, 6.45) is 0.437. The summed E-state index contributed by atoms with van der Waals surface area (Å²) in [7, 11) is 0. The second-order valence-corrected chi connectivity index (χ2v) is 5.06. The Morgan fingerprint density at radius 3 is 2.74 bits per heavy atom. The molecule has 0 aliphatic rings. The molecule has 19 heavy (non-hydrogen) atoms. The molecule has 0 saturated carbocycles. The topological polar surface area (TPSA) is 60.8 Å². The number of thiophene rings is 1. The molecule has 5 heteroatoms. The number of carbonyl (C=O) groups is 1. The predicted octanol–water partition coefficient (Wildman–Crippen LogP) is 1.24. The Morgan fingerprint density at radius 1 is 1.42 bits per heavy atom. The molecule has 0 unspecified atom stereocenters. The van der Waals surface area contributed by atoms with E-state index >= 15 is 0 Å². The van der Waals surface area contributed by atoms with E-state index in [1.165, 1.54) is 11.3 Å². The largest absolute Gasteiger partial charge is 0.395 e. The second kappa shape index (κ2) is 7.95. The van der Waals surface area contributed by atoms with Crippen molar-refractivity contribution in [2.24, 2.45) is 0 Å². The first-order chi connectivity index (χ1) is 9.13. The monoisotopic (exact) mass is 281 g/mol. The van der Waals surface area contributed by atoms with Crippen LogP contribution in [-0.2, 0) is 0 Å². The SMILES string of the molecule is CCN(CCO)C(=O)c1cc(C)c(C#CCCO)s1. The highest BCUT2D eigenvalue weighted by Crippen LogP contribution is 2.22. The molecule has 0 aromatic carbocycles. The minimum Gasteiger partial charge on any atom is -0.395 e. The molecule has 0 spiro atoms. The Labute approximate surface area is 117 Å². The predicted molar refractivity (Wildman–Crippen MR) is 76.3 cm³/mol. The summed E-state index contributed by atoms with van der Waals surface area (Å²) in [5.41, 5.74) is 0.971. The van der Waals surface area contributed by atoms with Crippen molar-refractivity contribution in [3.8, 4) is 11.8 Å². The average Bonchev–Trinajstić information content (AvgIpc) is 2.77. The third kappa shape index (κ3) is 4.35. The number of aryl methyl sites for hydroxylation is 1. The van der Waals surface area contributed by atoms with Gasteiger partial charge in [0.1, 0.15) is 0 Å². The van der Waals surface area contributed by atoms with Crippen LogP contribution in [0.5, 0.6) is 0 Å². The van der Waals surface area contributed by atoms with Crippen molar-refractivity contribution in [2.75, 3.05) is 26.3 Å². The molecule has 1 aromatic rings. The fraction of sp³-hybridized carbons (Fsp3) is 0.500. The van der Waals surface area contributed by atoms with Crippen LogP contribution in [0, 0.1) is 18.8 Å². The van der Waals surface area contributed by atoms with Crippen molar-refractivity contribution in [1.82, 2.24) is 4.90 Å². The zero-order chi connectivity index (χ0) is 14.3. The number of carbonyl (C=O) groups excluding carboxylic acids is 1. The van der Waals surface area contributed by atoms with Crippen LogP contribution in [0.15, 0.2) is 6.07 Å². The maximum atomic E-state index is 12.2. The molecule has 104 valence electrons. The van der Waals surface area contributed by atoms with E-state index in [1.807, 2.05) is 19.9 Å². The Morgan fingerprint density at radius 2 is 2.16 bits per heavy atom. The normalized spacial score (nSPS) is 9.89. The van der Waals surface area contributed by atoms with E-state index in [9.17, 15) is 4.79 Å². The zero-order valence-corrected chi connectivity index (χ0v) is 12.1. The standard InChI is InChI=1S/C14H19NO3S/c1-3-15(7-9-17)14(18)13-10-11(2)12(19-13)6-4-5-8-16/h10,16-17H,3,5,7-9H2,1-2H3. The van der Waals surface area contributed by atoms with E-state index in [0.717, 1.165) is 10.4 Å². The molecule has 4 nitrogen and oxygen atoms in total.